The number of benzene rings is 2. The van der Waals surface area contributed by atoms with Crippen molar-refractivity contribution in [3.63, 3.8) is 0 Å². The van der Waals surface area contributed by atoms with Gasteiger partial charge in [-0.25, -0.2) is 13.4 Å². The number of sulfone groups is 1. The fourth-order valence-electron chi connectivity index (χ4n) is 2.48. The predicted molar refractivity (Wildman–Crippen MR) is 102 cm³/mol. The van der Waals surface area contributed by atoms with Gasteiger partial charge in [-0.1, -0.05) is 29.5 Å². The van der Waals surface area contributed by atoms with Crippen molar-refractivity contribution in [3.05, 3.63) is 47.5 Å². The molecule has 0 saturated heterocycles. The van der Waals surface area contributed by atoms with Crippen LogP contribution in [0.4, 0.5) is 5.13 Å². The van der Waals surface area contributed by atoms with Crippen molar-refractivity contribution in [2.75, 3.05) is 18.8 Å². The lowest BCUT2D eigenvalue weighted by molar-refractivity contribution is 0.0959. The number of aromatic nitrogens is 1. The summed E-state index contributed by atoms with van der Waals surface area (Å²) in [5.74, 6) is 0.0811. The van der Waals surface area contributed by atoms with Crippen LogP contribution in [0.5, 0.6) is 5.75 Å². The predicted octanol–water partition coefficient (Wildman–Crippen LogP) is 2.77. The number of rotatable bonds is 5. The summed E-state index contributed by atoms with van der Waals surface area (Å²) in [7, 11) is -1.94. The molecule has 0 saturated carbocycles. The second kappa shape index (κ2) is 6.93. The number of anilines is 1. The SMILES string of the molecule is COc1ccc(C)c2sc(NNC(=O)c3ccccc3S(C)(=O)=O)nc12. The van der Waals surface area contributed by atoms with Gasteiger partial charge in [0.05, 0.1) is 22.3 Å². The third kappa shape index (κ3) is 3.49. The number of hydrogen-bond acceptors (Lipinski definition) is 7. The molecule has 7 nitrogen and oxygen atoms in total. The number of amides is 1. The summed E-state index contributed by atoms with van der Waals surface area (Å²) in [4.78, 5) is 16.8. The molecule has 1 amide bonds. The molecule has 0 bridgehead atoms. The molecule has 136 valence electrons. The Morgan fingerprint density at radius 2 is 1.92 bits per heavy atom. The molecule has 0 aliphatic rings. The number of aryl methyl sites for hydroxylation is 1. The van der Waals surface area contributed by atoms with Crippen LogP contribution in [0.2, 0.25) is 0 Å². The molecule has 1 heterocycles. The van der Waals surface area contributed by atoms with Gasteiger partial charge in [0.2, 0.25) is 5.13 Å². The van der Waals surface area contributed by atoms with Gasteiger partial charge >= 0.3 is 0 Å². The standard InChI is InChI=1S/C17H17N3O4S2/c1-10-8-9-12(24-2)14-15(10)25-17(18-14)20-19-16(21)11-6-4-5-7-13(11)26(3,22)23/h4-9H,1-3H3,(H,18,20)(H,19,21). The Bertz CT molecular complexity index is 1090. The minimum Gasteiger partial charge on any atom is -0.494 e. The first-order valence-corrected chi connectivity index (χ1v) is 10.3. The second-order valence-corrected chi connectivity index (χ2v) is 8.61. The van der Waals surface area contributed by atoms with E-state index in [1.165, 1.54) is 23.5 Å². The van der Waals surface area contributed by atoms with Crippen molar-refractivity contribution < 1.29 is 17.9 Å². The third-order valence-electron chi connectivity index (χ3n) is 3.74. The van der Waals surface area contributed by atoms with Crippen molar-refractivity contribution in [2.45, 2.75) is 11.8 Å². The molecular formula is C17H17N3O4S2. The summed E-state index contributed by atoms with van der Waals surface area (Å²) in [5, 5.41) is 0.470. The zero-order valence-electron chi connectivity index (χ0n) is 14.4. The van der Waals surface area contributed by atoms with Crippen molar-refractivity contribution in [1.29, 1.82) is 0 Å². The van der Waals surface area contributed by atoms with Crippen LogP contribution in [0.25, 0.3) is 10.2 Å². The first kappa shape index (κ1) is 18.2. The average molecular weight is 391 g/mol. The summed E-state index contributed by atoms with van der Waals surface area (Å²) in [6.45, 7) is 1.96. The topological polar surface area (TPSA) is 97.4 Å². The lowest BCUT2D eigenvalue weighted by Gasteiger charge is -2.09. The highest BCUT2D eigenvalue weighted by Crippen LogP contribution is 2.34. The van der Waals surface area contributed by atoms with Crippen LogP contribution in [0, 0.1) is 6.92 Å². The van der Waals surface area contributed by atoms with Gasteiger partial charge in [0.15, 0.2) is 9.84 Å². The minimum absolute atomic E-state index is 0.0267. The highest BCUT2D eigenvalue weighted by Gasteiger charge is 2.18. The number of hydrogen-bond donors (Lipinski definition) is 2. The number of hydrazine groups is 1. The number of carbonyl (C=O) groups is 1. The highest BCUT2D eigenvalue weighted by atomic mass is 32.2. The number of ether oxygens (including phenoxy) is 1. The maximum absolute atomic E-state index is 12.4. The lowest BCUT2D eigenvalue weighted by atomic mass is 10.2. The summed E-state index contributed by atoms with van der Waals surface area (Å²) in [5.41, 5.74) is 7.05. The van der Waals surface area contributed by atoms with Gasteiger partial charge in [0.25, 0.3) is 5.91 Å². The lowest BCUT2D eigenvalue weighted by Crippen LogP contribution is -2.30. The van der Waals surface area contributed by atoms with Gasteiger partial charge in [-0.2, -0.15) is 0 Å². The van der Waals surface area contributed by atoms with E-state index in [1.54, 1.807) is 19.2 Å². The van der Waals surface area contributed by atoms with E-state index in [0.717, 1.165) is 16.5 Å². The molecule has 0 fully saturated rings. The van der Waals surface area contributed by atoms with E-state index in [0.29, 0.717) is 16.4 Å². The summed E-state index contributed by atoms with van der Waals surface area (Å²) in [6.07, 6.45) is 1.06. The first-order valence-electron chi connectivity index (χ1n) is 7.61. The quantitative estimate of drug-likeness (QED) is 0.649. The molecule has 2 N–H and O–H groups in total. The molecule has 0 radical (unpaired) electrons. The maximum Gasteiger partial charge on any atom is 0.270 e. The van der Waals surface area contributed by atoms with Crippen molar-refractivity contribution >= 4 is 42.4 Å². The molecular weight excluding hydrogens is 374 g/mol. The van der Waals surface area contributed by atoms with E-state index in [-0.39, 0.29) is 10.5 Å². The Kier molecular flexibility index (Phi) is 4.84. The van der Waals surface area contributed by atoms with Crippen molar-refractivity contribution in [2.24, 2.45) is 0 Å². The highest BCUT2D eigenvalue weighted by molar-refractivity contribution is 7.90. The van der Waals surface area contributed by atoms with Gasteiger partial charge in [-0.3, -0.25) is 15.6 Å². The first-order chi connectivity index (χ1) is 12.3. The zero-order chi connectivity index (χ0) is 18.9. The normalized spacial score (nSPS) is 11.3. The second-order valence-electron chi connectivity index (χ2n) is 5.63. The van der Waals surface area contributed by atoms with Crippen molar-refractivity contribution in [3.8, 4) is 5.75 Å². The van der Waals surface area contributed by atoms with Gasteiger partial charge in [-0.05, 0) is 30.7 Å². The third-order valence-corrected chi connectivity index (χ3v) is 6.00. The van der Waals surface area contributed by atoms with Gasteiger partial charge in [-0.15, -0.1) is 0 Å². The Balaban J connectivity index is 1.85. The van der Waals surface area contributed by atoms with Crippen molar-refractivity contribution in [1.82, 2.24) is 10.4 Å². The minimum atomic E-state index is -3.51. The Hall–Kier alpha value is -2.65. The molecule has 0 aliphatic heterocycles. The molecule has 0 spiro atoms. The number of thiazole rings is 1. The van der Waals surface area contributed by atoms with E-state index in [4.69, 9.17) is 4.74 Å². The molecule has 9 heteroatoms. The summed E-state index contributed by atoms with van der Waals surface area (Å²) in [6, 6.07) is 9.81. The molecule has 0 atom stereocenters. The van der Waals surface area contributed by atoms with Gasteiger partial charge < -0.3 is 4.74 Å². The fraction of sp³-hybridized carbons (Fsp3) is 0.176. The number of fused-ring (bicyclic) bond motifs is 1. The monoisotopic (exact) mass is 391 g/mol. The van der Waals surface area contributed by atoms with Gasteiger partial charge in [0, 0.05) is 6.26 Å². The molecule has 26 heavy (non-hydrogen) atoms. The van der Waals surface area contributed by atoms with E-state index in [1.807, 2.05) is 19.1 Å². The van der Waals surface area contributed by atoms with Crippen LogP contribution >= 0.6 is 11.3 Å². The maximum atomic E-state index is 12.4. The van der Waals surface area contributed by atoms with Crippen LogP contribution in [-0.4, -0.2) is 32.7 Å². The van der Waals surface area contributed by atoms with Crippen LogP contribution in [0.1, 0.15) is 15.9 Å². The Labute approximate surface area is 154 Å². The molecule has 3 aromatic rings. The van der Waals surface area contributed by atoms with Crippen LogP contribution in [-0.2, 0) is 9.84 Å². The van der Waals surface area contributed by atoms with Crippen LogP contribution in [0.15, 0.2) is 41.3 Å². The summed E-state index contributed by atoms with van der Waals surface area (Å²) < 4.78 is 29.9. The average Bonchev–Trinajstić information content (AvgIpc) is 3.04. The van der Waals surface area contributed by atoms with Crippen LogP contribution in [0.3, 0.4) is 0 Å². The van der Waals surface area contributed by atoms with E-state index < -0.39 is 15.7 Å². The molecule has 3 rings (SSSR count). The summed E-state index contributed by atoms with van der Waals surface area (Å²) >= 11 is 1.37. The number of nitrogens with one attached hydrogen (secondary N) is 2. The van der Waals surface area contributed by atoms with E-state index in [9.17, 15) is 13.2 Å². The molecule has 0 unspecified atom stereocenters. The number of methoxy groups -OCH3 is 1. The van der Waals surface area contributed by atoms with Crippen LogP contribution < -0.4 is 15.6 Å². The van der Waals surface area contributed by atoms with E-state index >= 15 is 0 Å². The van der Waals surface area contributed by atoms with E-state index in [2.05, 4.69) is 15.8 Å². The van der Waals surface area contributed by atoms with Gasteiger partial charge in [0.1, 0.15) is 11.3 Å². The Morgan fingerprint density at radius 3 is 2.62 bits per heavy atom. The number of carbonyl (C=O) groups excluding carboxylic acids is 1. The fourth-order valence-corrected chi connectivity index (χ4v) is 4.27. The largest absolute Gasteiger partial charge is 0.494 e. The number of nitrogens with zero attached hydrogens (tertiary/aromatic N) is 1. The zero-order valence-corrected chi connectivity index (χ0v) is 16.0. The molecule has 0 aliphatic carbocycles. The Morgan fingerprint density at radius 1 is 1.19 bits per heavy atom. The molecule has 2 aromatic carbocycles. The smallest absolute Gasteiger partial charge is 0.270 e. The molecule has 1 aromatic heterocycles.